The molecule has 1 aliphatic heterocycles. The molecular weight excluding hydrogens is 366 g/mol. The molecule has 1 fully saturated rings. The number of guanidine groups is 1. The maximum atomic E-state index is 4.44. The third kappa shape index (κ3) is 5.81. The molecule has 1 aromatic heterocycles. The summed E-state index contributed by atoms with van der Waals surface area (Å²) in [5, 5.41) is 3.53. The molecule has 0 saturated carbocycles. The van der Waals surface area contributed by atoms with Crippen LogP contribution in [0.15, 0.2) is 21.7 Å². The van der Waals surface area contributed by atoms with Gasteiger partial charge < -0.3 is 19.7 Å². The molecule has 1 N–H and O–H groups in total. The van der Waals surface area contributed by atoms with Crippen molar-refractivity contribution in [3.05, 3.63) is 22.4 Å². The minimum Gasteiger partial charge on any atom is -0.356 e. The van der Waals surface area contributed by atoms with E-state index in [4.69, 9.17) is 0 Å². The number of likely N-dealkylation sites (tertiary alicyclic amines) is 1. The number of halogens is 1. The van der Waals surface area contributed by atoms with Gasteiger partial charge in [0.1, 0.15) is 0 Å². The minimum atomic E-state index is 0.623. The van der Waals surface area contributed by atoms with E-state index >= 15 is 0 Å². The van der Waals surface area contributed by atoms with Crippen molar-refractivity contribution in [2.45, 2.75) is 32.7 Å². The molecule has 0 aliphatic carbocycles. The van der Waals surface area contributed by atoms with Gasteiger partial charge in [-0.25, -0.2) is 0 Å². The van der Waals surface area contributed by atoms with Crippen LogP contribution in [0.3, 0.4) is 0 Å². The summed E-state index contributed by atoms with van der Waals surface area (Å²) in [7, 11) is 6.02. The van der Waals surface area contributed by atoms with Crippen LogP contribution in [0.5, 0.6) is 0 Å². The van der Waals surface area contributed by atoms with Crippen molar-refractivity contribution in [1.82, 2.24) is 19.7 Å². The highest BCUT2D eigenvalue weighted by molar-refractivity contribution is 9.10. The summed E-state index contributed by atoms with van der Waals surface area (Å²) < 4.78 is 3.26. The minimum absolute atomic E-state index is 0.623. The molecule has 2 rings (SSSR count). The molecule has 136 valence electrons. The second kappa shape index (κ2) is 9.47. The lowest BCUT2D eigenvalue weighted by Gasteiger charge is -2.30. The third-order valence-corrected chi connectivity index (χ3v) is 5.11. The molecule has 24 heavy (non-hydrogen) atoms. The fraction of sp³-hybridized carbons (Fsp3) is 0.722. The molecule has 0 amide bonds. The van der Waals surface area contributed by atoms with Gasteiger partial charge in [-0.3, -0.25) is 4.99 Å². The summed E-state index contributed by atoms with van der Waals surface area (Å²) in [6, 6.07) is 2.16. The predicted octanol–water partition coefficient (Wildman–Crippen LogP) is 2.92. The highest BCUT2D eigenvalue weighted by atomic mass is 79.9. The number of aromatic nitrogens is 1. The standard InChI is InChI=1S/C18H32BrN5/c1-15(12-24-8-6-5-7-9-24)11-21-18(20-2)23(4)14-17-10-16(19)13-22(17)3/h10,13,15H,5-9,11-12,14H2,1-4H3,(H,20,21). The SMILES string of the molecule is CN=C(NCC(C)CN1CCCCC1)N(C)Cc1cc(Br)cn1C. The van der Waals surface area contributed by atoms with Gasteiger partial charge in [-0.2, -0.15) is 0 Å². The van der Waals surface area contributed by atoms with Crippen LogP contribution in [0.25, 0.3) is 0 Å². The van der Waals surface area contributed by atoms with Crippen LogP contribution in [-0.2, 0) is 13.6 Å². The zero-order valence-corrected chi connectivity index (χ0v) is 17.1. The molecule has 1 aromatic rings. The maximum Gasteiger partial charge on any atom is 0.193 e. The van der Waals surface area contributed by atoms with Crippen LogP contribution in [0.4, 0.5) is 0 Å². The number of aliphatic imine (C=N–C) groups is 1. The average Bonchev–Trinajstić information content (AvgIpc) is 2.86. The van der Waals surface area contributed by atoms with Crippen molar-refractivity contribution < 1.29 is 0 Å². The summed E-state index contributed by atoms with van der Waals surface area (Å²) in [6.45, 7) is 7.83. The molecular formula is C18H32BrN5. The maximum absolute atomic E-state index is 4.44. The van der Waals surface area contributed by atoms with E-state index in [1.807, 2.05) is 7.05 Å². The molecule has 1 atom stereocenters. The first-order valence-electron chi connectivity index (χ1n) is 8.94. The lowest BCUT2D eigenvalue weighted by molar-refractivity contribution is 0.200. The first-order chi connectivity index (χ1) is 11.5. The van der Waals surface area contributed by atoms with Crippen LogP contribution in [0.1, 0.15) is 31.9 Å². The van der Waals surface area contributed by atoms with Crippen molar-refractivity contribution in [2.75, 3.05) is 40.3 Å². The monoisotopic (exact) mass is 397 g/mol. The Balaban J connectivity index is 1.79. The van der Waals surface area contributed by atoms with Crippen LogP contribution in [0, 0.1) is 5.92 Å². The Bertz CT molecular complexity index is 534. The van der Waals surface area contributed by atoms with Crippen molar-refractivity contribution in [3.63, 3.8) is 0 Å². The number of aryl methyl sites for hydroxylation is 1. The molecule has 0 radical (unpaired) electrons. The summed E-state index contributed by atoms with van der Waals surface area (Å²) >= 11 is 3.53. The first kappa shape index (κ1) is 19.3. The van der Waals surface area contributed by atoms with Crippen LogP contribution in [-0.4, -0.2) is 60.6 Å². The van der Waals surface area contributed by atoms with Gasteiger partial charge in [-0.05, 0) is 53.8 Å². The fourth-order valence-electron chi connectivity index (χ4n) is 3.34. The zero-order valence-electron chi connectivity index (χ0n) is 15.6. The quantitative estimate of drug-likeness (QED) is 0.591. The number of hydrogen-bond acceptors (Lipinski definition) is 2. The van der Waals surface area contributed by atoms with Gasteiger partial charge in [-0.1, -0.05) is 13.3 Å². The van der Waals surface area contributed by atoms with Gasteiger partial charge in [0.05, 0.1) is 6.54 Å². The van der Waals surface area contributed by atoms with E-state index in [2.05, 4.69) is 73.9 Å². The third-order valence-electron chi connectivity index (χ3n) is 4.67. The normalized spacial score (nSPS) is 17.8. The second-order valence-electron chi connectivity index (χ2n) is 7.01. The molecule has 6 heteroatoms. The Morgan fingerprint density at radius 1 is 1.38 bits per heavy atom. The summed E-state index contributed by atoms with van der Waals surface area (Å²) in [5.41, 5.74) is 1.26. The van der Waals surface area contributed by atoms with Gasteiger partial charge >= 0.3 is 0 Å². The molecule has 1 aliphatic rings. The van der Waals surface area contributed by atoms with Crippen molar-refractivity contribution >= 4 is 21.9 Å². The second-order valence-corrected chi connectivity index (χ2v) is 7.93. The summed E-state index contributed by atoms with van der Waals surface area (Å²) in [5.74, 6) is 1.58. The lowest BCUT2D eigenvalue weighted by atomic mass is 10.1. The first-order valence-corrected chi connectivity index (χ1v) is 9.73. The summed E-state index contributed by atoms with van der Waals surface area (Å²) in [4.78, 5) is 9.21. The van der Waals surface area contributed by atoms with Gasteiger partial charge in [-0.15, -0.1) is 0 Å². The van der Waals surface area contributed by atoms with E-state index in [1.54, 1.807) is 0 Å². The van der Waals surface area contributed by atoms with E-state index in [-0.39, 0.29) is 0 Å². The van der Waals surface area contributed by atoms with Crippen molar-refractivity contribution in [2.24, 2.45) is 18.0 Å². The largest absolute Gasteiger partial charge is 0.356 e. The van der Waals surface area contributed by atoms with E-state index in [0.717, 1.165) is 23.5 Å². The van der Waals surface area contributed by atoms with E-state index in [9.17, 15) is 0 Å². The van der Waals surface area contributed by atoms with Gasteiger partial charge in [0.2, 0.25) is 0 Å². The smallest absolute Gasteiger partial charge is 0.193 e. The van der Waals surface area contributed by atoms with Crippen molar-refractivity contribution in [3.8, 4) is 0 Å². The highest BCUT2D eigenvalue weighted by Gasteiger charge is 2.15. The fourth-order valence-corrected chi connectivity index (χ4v) is 3.91. The van der Waals surface area contributed by atoms with E-state index < -0.39 is 0 Å². The Hall–Kier alpha value is -1.01. The molecule has 0 bridgehead atoms. The molecule has 0 spiro atoms. The molecule has 2 heterocycles. The number of nitrogens with one attached hydrogen (secondary N) is 1. The number of piperidine rings is 1. The van der Waals surface area contributed by atoms with Gasteiger partial charge in [0, 0.05) is 50.6 Å². The summed E-state index contributed by atoms with van der Waals surface area (Å²) in [6.07, 6.45) is 6.20. The molecule has 1 unspecified atom stereocenters. The zero-order chi connectivity index (χ0) is 17.5. The number of rotatable bonds is 6. The van der Waals surface area contributed by atoms with E-state index in [1.165, 1.54) is 44.6 Å². The average molecular weight is 398 g/mol. The Morgan fingerprint density at radius 2 is 2.08 bits per heavy atom. The topological polar surface area (TPSA) is 35.8 Å². The predicted molar refractivity (Wildman–Crippen MR) is 105 cm³/mol. The Kier molecular flexibility index (Phi) is 7.62. The van der Waals surface area contributed by atoms with Crippen LogP contribution in [0.2, 0.25) is 0 Å². The van der Waals surface area contributed by atoms with Gasteiger partial charge in [0.15, 0.2) is 5.96 Å². The van der Waals surface area contributed by atoms with Crippen molar-refractivity contribution in [1.29, 1.82) is 0 Å². The number of hydrogen-bond donors (Lipinski definition) is 1. The molecule has 1 saturated heterocycles. The van der Waals surface area contributed by atoms with Crippen LogP contribution >= 0.6 is 15.9 Å². The molecule has 5 nitrogen and oxygen atoms in total. The van der Waals surface area contributed by atoms with E-state index in [0.29, 0.717) is 5.92 Å². The Morgan fingerprint density at radius 3 is 2.67 bits per heavy atom. The highest BCUT2D eigenvalue weighted by Crippen LogP contribution is 2.15. The Labute approximate surface area is 155 Å². The lowest BCUT2D eigenvalue weighted by Crippen LogP contribution is -2.43. The number of nitrogens with zero attached hydrogens (tertiary/aromatic N) is 4. The van der Waals surface area contributed by atoms with Crippen LogP contribution < -0.4 is 5.32 Å². The molecule has 0 aromatic carbocycles. The van der Waals surface area contributed by atoms with Gasteiger partial charge in [0.25, 0.3) is 0 Å².